The standard InChI is InChI=1S/C17H17BrN2O2S/c1-20(10-14-8-9-15(18)23-14)17(22)12-4-6-13(7-5-12)19-16(21)11-2-3-11/h4-9,11H,2-3,10H2,1H3,(H,19,21). The van der Waals surface area contributed by atoms with E-state index in [2.05, 4.69) is 21.2 Å². The van der Waals surface area contributed by atoms with Gasteiger partial charge in [0.05, 0.1) is 10.3 Å². The molecule has 0 atom stereocenters. The number of benzene rings is 1. The molecule has 0 unspecified atom stereocenters. The molecule has 2 amide bonds. The Labute approximate surface area is 147 Å². The van der Waals surface area contributed by atoms with Crippen molar-refractivity contribution in [3.05, 3.63) is 50.6 Å². The average Bonchev–Trinajstić information content (AvgIpc) is 3.31. The molecule has 23 heavy (non-hydrogen) atoms. The minimum atomic E-state index is -0.0328. The highest BCUT2D eigenvalue weighted by Gasteiger charge is 2.29. The number of halogens is 1. The van der Waals surface area contributed by atoms with Gasteiger partial charge in [0, 0.05) is 29.1 Å². The fourth-order valence-corrected chi connectivity index (χ4v) is 3.79. The number of hydrogen-bond donors (Lipinski definition) is 1. The van der Waals surface area contributed by atoms with Crippen LogP contribution in [0.5, 0.6) is 0 Å². The summed E-state index contributed by atoms with van der Waals surface area (Å²) in [5.74, 6) is 0.214. The van der Waals surface area contributed by atoms with Gasteiger partial charge >= 0.3 is 0 Å². The van der Waals surface area contributed by atoms with Gasteiger partial charge in [0.1, 0.15) is 0 Å². The van der Waals surface area contributed by atoms with E-state index in [9.17, 15) is 9.59 Å². The molecule has 1 aliphatic rings. The van der Waals surface area contributed by atoms with Crippen LogP contribution in [0.4, 0.5) is 5.69 Å². The Bertz CT molecular complexity index is 722. The Morgan fingerprint density at radius 1 is 1.22 bits per heavy atom. The third-order valence-corrected chi connectivity index (χ3v) is 5.32. The van der Waals surface area contributed by atoms with Crippen LogP contribution in [0.2, 0.25) is 0 Å². The number of rotatable bonds is 5. The molecule has 120 valence electrons. The summed E-state index contributed by atoms with van der Waals surface area (Å²) in [6.45, 7) is 0.579. The number of anilines is 1. The molecule has 1 N–H and O–H groups in total. The van der Waals surface area contributed by atoms with Crippen molar-refractivity contribution in [3.8, 4) is 0 Å². The lowest BCUT2D eigenvalue weighted by Gasteiger charge is -2.16. The molecule has 0 aliphatic heterocycles. The Kier molecular flexibility index (Phi) is 4.82. The molecule has 3 rings (SSSR count). The Hall–Kier alpha value is -1.66. The molecule has 1 aromatic carbocycles. The predicted molar refractivity (Wildman–Crippen MR) is 95.6 cm³/mol. The first-order valence-corrected chi connectivity index (χ1v) is 9.04. The highest BCUT2D eigenvalue weighted by Crippen LogP contribution is 2.30. The minimum absolute atomic E-state index is 0.0328. The quantitative estimate of drug-likeness (QED) is 0.831. The molecule has 1 aromatic heterocycles. The molecule has 6 heteroatoms. The maximum atomic E-state index is 12.4. The van der Waals surface area contributed by atoms with Crippen LogP contribution in [0.25, 0.3) is 0 Å². The molecule has 1 heterocycles. The molecule has 1 aliphatic carbocycles. The van der Waals surface area contributed by atoms with Gasteiger partial charge in [-0.05, 0) is 65.2 Å². The largest absolute Gasteiger partial charge is 0.337 e. The molecule has 0 bridgehead atoms. The van der Waals surface area contributed by atoms with Crippen LogP contribution in [0.3, 0.4) is 0 Å². The fraction of sp³-hybridized carbons (Fsp3) is 0.294. The van der Waals surface area contributed by atoms with Crippen molar-refractivity contribution in [1.82, 2.24) is 4.90 Å². The van der Waals surface area contributed by atoms with Crippen molar-refractivity contribution in [1.29, 1.82) is 0 Å². The Balaban J connectivity index is 1.61. The van der Waals surface area contributed by atoms with Crippen LogP contribution >= 0.6 is 27.3 Å². The number of amides is 2. The summed E-state index contributed by atoms with van der Waals surface area (Å²) in [6, 6.07) is 11.1. The zero-order valence-corrected chi connectivity index (χ0v) is 15.1. The Morgan fingerprint density at radius 3 is 2.48 bits per heavy atom. The van der Waals surface area contributed by atoms with E-state index in [1.807, 2.05) is 12.1 Å². The van der Waals surface area contributed by atoms with Gasteiger partial charge in [0.2, 0.25) is 5.91 Å². The molecule has 0 spiro atoms. The molecule has 1 saturated carbocycles. The van der Waals surface area contributed by atoms with Crippen LogP contribution in [-0.2, 0) is 11.3 Å². The number of nitrogens with one attached hydrogen (secondary N) is 1. The maximum absolute atomic E-state index is 12.4. The summed E-state index contributed by atoms with van der Waals surface area (Å²) in [5.41, 5.74) is 1.36. The number of carbonyl (C=O) groups is 2. The smallest absolute Gasteiger partial charge is 0.253 e. The molecular weight excluding hydrogens is 376 g/mol. The lowest BCUT2D eigenvalue weighted by Crippen LogP contribution is -2.25. The summed E-state index contributed by atoms with van der Waals surface area (Å²) in [6.07, 6.45) is 1.96. The number of thiophene rings is 1. The average molecular weight is 393 g/mol. The van der Waals surface area contributed by atoms with Gasteiger partial charge < -0.3 is 10.2 Å². The summed E-state index contributed by atoms with van der Waals surface area (Å²) < 4.78 is 1.06. The first kappa shape index (κ1) is 16.2. The molecule has 1 fully saturated rings. The van der Waals surface area contributed by atoms with Crippen molar-refractivity contribution >= 4 is 44.8 Å². The van der Waals surface area contributed by atoms with E-state index in [0.717, 1.165) is 27.2 Å². The summed E-state index contributed by atoms with van der Waals surface area (Å²) in [5, 5.41) is 2.87. The van der Waals surface area contributed by atoms with Crippen molar-refractivity contribution in [3.63, 3.8) is 0 Å². The summed E-state index contributed by atoms with van der Waals surface area (Å²) in [4.78, 5) is 27.0. The van der Waals surface area contributed by atoms with Gasteiger partial charge in [-0.2, -0.15) is 0 Å². The molecule has 0 saturated heterocycles. The van der Waals surface area contributed by atoms with Crippen molar-refractivity contribution in [2.75, 3.05) is 12.4 Å². The van der Waals surface area contributed by atoms with Crippen molar-refractivity contribution in [2.45, 2.75) is 19.4 Å². The maximum Gasteiger partial charge on any atom is 0.253 e. The van der Waals surface area contributed by atoms with E-state index in [1.54, 1.807) is 47.5 Å². The monoisotopic (exact) mass is 392 g/mol. The second-order valence-electron chi connectivity index (χ2n) is 5.71. The van der Waals surface area contributed by atoms with E-state index < -0.39 is 0 Å². The van der Waals surface area contributed by atoms with Crippen LogP contribution in [0.15, 0.2) is 40.2 Å². The highest BCUT2D eigenvalue weighted by atomic mass is 79.9. The van der Waals surface area contributed by atoms with Gasteiger partial charge in [-0.25, -0.2) is 0 Å². The zero-order chi connectivity index (χ0) is 16.4. The van der Waals surface area contributed by atoms with Crippen LogP contribution in [-0.4, -0.2) is 23.8 Å². The van der Waals surface area contributed by atoms with Gasteiger partial charge in [0.25, 0.3) is 5.91 Å². The first-order valence-electron chi connectivity index (χ1n) is 7.43. The number of nitrogens with zero attached hydrogens (tertiary/aromatic N) is 1. The minimum Gasteiger partial charge on any atom is -0.337 e. The second-order valence-corrected chi connectivity index (χ2v) is 8.26. The second kappa shape index (κ2) is 6.84. The normalized spacial score (nSPS) is 13.7. The first-order chi connectivity index (χ1) is 11.0. The van der Waals surface area contributed by atoms with E-state index in [-0.39, 0.29) is 17.7 Å². The van der Waals surface area contributed by atoms with Gasteiger partial charge in [0.15, 0.2) is 0 Å². The third kappa shape index (κ3) is 4.20. The number of hydrogen-bond acceptors (Lipinski definition) is 3. The Morgan fingerprint density at radius 2 is 1.91 bits per heavy atom. The SMILES string of the molecule is CN(Cc1ccc(Br)s1)C(=O)c1ccc(NC(=O)C2CC2)cc1. The van der Waals surface area contributed by atoms with Gasteiger partial charge in [-0.3, -0.25) is 9.59 Å². The molecule has 0 radical (unpaired) electrons. The van der Waals surface area contributed by atoms with Gasteiger partial charge in [-0.15, -0.1) is 11.3 Å². The third-order valence-electron chi connectivity index (χ3n) is 3.72. The highest BCUT2D eigenvalue weighted by molar-refractivity contribution is 9.11. The zero-order valence-electron chi connectivity index (χ0n) is 12.7. The van der Waals surface area contributed by atoms with Crippen LogP contribution in [0, 0.1) is 5.92 Å². The lowest BCUT2D eigenvalue weighted by molar-refractivity contribution is -0.117. The van der Waals surface area contributed by atoms with E-state index in [4.69, 9.17) is 0 Å². The topological polar surface area (TPSA) is 49.4 Å². The fourth-order valence-electron chi connectivity index (χ4n) is 2.25. The lowest BCUT2D eigenvalue weighted by atomic mass is 10.1. The van der Waals surface area contributed by atoms with E-state index >= 15 is 0 Å². The van der Waals surface area contributed by atoms with Crippen LogP contribution < -0.4 is 5.32 Å². The van der Waals surface area contributed by atoms with Crippen LogP contribution in [0.1, 0.15) is 28.1 Å². The summed E-state index contributed by atoms with van der Waals surface area (Å²) in [7, 11) is 1.79. The van der Waals surface area contributed by atoms with Crippen molar-refractivity contribution in [2.24, 2.45) is 5.92 Å². The van der Waals surface area contributed by atoms with E-state index in [1.165, 1.54) is 0 Å². The van der Waals surface area contributed by atoms with Crippen molar-refractivity contribution < 1.29 is 9.59 Å². The summed E-state index contributed by atoms with van der Waals surface area (Å²) >= 11 is 5.05. The predicted octanol–water partition coefficient (Wildman–Crippen LogP) is 4.13. The molecule has 4 nitrogen and oxygen atoms in total. The number of carbonyl (C=O) groups excluding carboxylic acids is 2. The molecular formula is C17H17BrN2O2S. The van der Waals surface area contributed by atoms with Gasteiger partial charge in [-0.1, -0.05) is 0 Å². The molecule has 2 aromatic rings. The van der Waals surface area contributed by atoms with E-state index in [0.29, 0.717) is 12.1 Å².